The zero-order chi connectivity index (χ0) is 34.8. The molecule has 0 spiro atoms. The van der Waals surface area contributed by atoms with Crippen LogP contribution in [0.1, 0.15) is 133 Å². The Balaban J connectivity index is 0.999. The molecule has 6 rings (SSSR count). The third-order valence-electron chi connectivity index (χ3n) is 11.6. The van der Waals surface area contributed by atoms with Gasteiger partial charge < -0.3 is 25.0 Å². The van der Waals surface area contributed by atoms with Crippen LogP contribution in [0.5, 0.6) is 0 Å². The maximum atomic E-state index is 13.5. The molecule has 48 heavy (non-hydrogen) atoms. The normalized spacial score (nSPS) is 27.3. The van der Waals surface area contributed by atoms with Crippen LogP contribution in [0.3, 0.4) is 0 Å². The van der Waals surface area contributed by atoms with E-state index in [0.29, 0.717) is 42.3 Å². The number of aliphatic hydroxyl groups excluding tert-OH is 1. The zero-order valence-electron chi connectivity index (χ0n) is 29.8. The fourth-order valence-electron chi connectivity index (χ4n) is 8.62. The van der Waals surface area contributed by atoms with Crippen molar-refractivity contribution >= 4 is 30.7 Å². The molecule has 0 aromatic heterocycles. The Bertz CT molecular complexity index is 1320. The molecule has 1 aromatic carbocycles. The summed E-state index contributed by atoms with van der Waals surface area (Å²) in [6.07, 6.45) is 8.20. The van der Waals surface area contributed by atoms with Crippen molar-refractivity contribution in [2.75, 3.05) is 6.54 Å². The van der Waals surface area contributed by atoms with Gasteiger partial charge in [0, 0.05) is 13.0 Å². The lowest BCUT2D eigenvalue weighted by Crippen LogP contribution is -2.65. The standard InChI is InChI=1S/C37H56BN3O7/c1-23(2)20-30(38-47-29-22-25-21-28(36(25,4)5)37(29,6)48-38)39-33(44)32(24(3)42)40-31(43)18-12-10-8-7-9-11-15-19-41-34(45)26-16-13-14-17-27(26)35(41)46/h13-14,16-17,23-25,28-30,32,42H,7-12,15,18-22H2,1-6H3,(H,39,44)(H,40,43)/t24-,25-,28-,29-,30+,32+,37+/m1/s1. The smallest absolute Gasteiger partial charge is 0.404 e. The first-order chi connectivity index (χ1) is 22.7. The topological polar surface area (TPSA) is 134 Å². The molecule has 0 unspecified atom stereocenters. The minimum atomic E-state index is -1.07. The van der Waals surface area contributed by atoms with E-state index in [0.717, 1.165) is 51.4 Å². The van der Waals surface area contributed by atoms with Crippen molar-refractivity contribution in [3.63, 3.8) is 0 Å². The van der Waals surface area contributed by atoms with Crippen LogP contribution in [0.15, 0.2) is 24.3 Å². The van der Waals surface area contributed by atoms with E-state index in [-0.39, 0.29) is 47.2 Å². The maximum Gasteiger partial charge on any atom is 0.481 e. The van der Waals surface area contributed by atoms with Gasteiger partial charge in [0.1, 0.15) is 6.04 Å². The molecule has 7 atom stereocenters. The Morgan fingerprint density at radius 2 is 1.54 bits per heavy atom. The van der Waals surface area contributed by atoms with Crippen molar-refractivity contribution in [3.05, 3.63) is 35.4 Å². The van der Waals surface area contributed by atoms with Gasteiger partial charge in [-0.1, -0.05) is 71.9 Å². The molecule has 2 aliphatic heterocycles. The van der Waals surface area contributed by atoms with Crippen LogP contribution in [0.25, 0.3) is 0 Å². The highest BCUT2D eigenvalue weighted by Gasteiger charge is 2.68. The lowest BCUT2D eigenvalue weighted by atomic mass is 9.43. The number of unbranched alkanes of at least 4 members (excludes halogenated alkanes) is 6. The molecule has 2 heterocycles. The van der Waals surface area contributed by atoms with Crippen LogP contribution in [0.4, 0.5) is 0 Å². The second-order valence-electron chi connectivity index (χ2n) is 15.9. The number of nitrogens with one attached hydrogen (secondary N) is 2. The van der Waals surface area contributed by atoms with E-state index in [4.69, 9.17) is 9.31 Å². The summed E-state index contributed by atoms with van der Waals surface area (Å²) in [6.45, 7) is 12.9. The van der Waals surface area contributed by atoms with E-state index >= 15 is 0 Å². The summed E-state index contributed by atoms with van der Waals surface area (Å²) >= 11 is 0. The first kappa shape index (κ1) is 36.5. The van der Waals surface area contributed by atoms with E-state index < -0.39 is 31.1 Å². The Kier molecular flexibility index (Phi) is 11.4. The Labute approximate surface area is 286 Å². The molecule has 1 aromatic rings. The molecular formula is C37H56BN3O7. The molecule has 10 nitrogen and oxygen atoms in total. The third kappa shape index (κ3) is 7.53. The number of amides is 4. The lowest BCUT2D eigenvalue weighted by molar-refractivity contribution is -0.199. The molecule has 11 heteroatoms. The molecule has 3 N–H and O–H groups in total. The number of aliphatic hydroxyl groups is 1. The summed E-state index contributed by atoms with van der Waals surface area (Å²) in [5, 5.41) is 16.3. The molecule has 3 saturated carbocycles. The van der Waals surface area contributed by atoms with E-state index in [2.05, 4.69) is 45.3 Å². The first-order valence-electron chi connectivity index (χ1n) is 18.3. The van der Waals surface area contributed by atoms with Crippen molar-refractivity contribution in [2.45, 2.75) is 142 Å². The van der Waals surface area contributed by atoms with Gasteiger partial charge in [-0.15, -0.1) is 0 Å². The SMILES string of the molecule is CC(C)C[C@H](NC(=O)[C@@H](NC(=O)CCCCCCCCCN1C(=O)c2ccccc2C1=O)[C@@H](C)O)B1O[C@@H]2C[C@H]3C[C@H](C3(C)C)[C@]2(C)O1. The van der Waals surface area contributed by atoms with Gasteiger partial charge in [0.25, 0.3) is 11.8 Å². The predicted octanol–water partition coefficient (Wildman–Crippen LogP) is 5.07. The molecule has 4 fully saturated rings. The summed E-state index contributed by atoms with van der Waals surface area (Å²) in [5.41, 5.74) is 0.808. The van der Waals surface area contributed by atoms with Crippen molar-refractivity contribution in [3.8, 4) is 0 Å². The van der Waals surface area contributed by atoms with Gasteiger partial charge in [-0.2, -0.15) is 0 Å². The highest BCUT2D eigenvalue weighted by atomic mass is 16.7. The summed E-state index contributed by atoms with van der Waals surface area (Å²) in [5.74, 6) is -0.178. The molecule has 1 saturated heterocycles. The number of nitrogens with zero attached hydrogens (tertiary/aromatic N) is 1. The number of benzene rings is 1. The van der Waals surface area contributed by atoms with Gasteiger partial charge in [0.05, 0.1) is 34.9 Å². The van der Waals surface area contributed by atoms with Gasteiger partial charge in [0.15, 0.2) is 0 Å². The van der Waals surface area contributed by atoms with Gasteiger partial charge in [-0.05, 0) is 81.3 Å². The number of fused-ring (bicyclic) bond motifs is 1. The highest BCUT2D eigenvalue weighted by Crippen LogP contribution is 2.65. The lowest BCUT2D eigenvalue weighted by Gasteiger charge is -2.64. The van der Waals surface area contributed by atoms with E-state index in [1.54, 1.807) is 24.3 Å². The quantitative estimate of drug-likeness (QED) is 0.120. The minimum absolute atomic E-state index is 0.00265. The molecular weight excluding hydrogens is 609 g/mol. The third-order valence-corrected chi connectivity index (χ3v) is 11.6. The van der Waals surface area contributed by atoms with Crippen LogP contribution in [0.2, 0.25) is 0 Å². The Morgan fingerprint density at radius 1 is 0.938 bits per heavy atom. The van der Waals surface area contributed by atoms with E-state index in [9.17, 15) is 24.3 Å². The van der Waals surface area contributed by atoms with Crippen molar-refractivity contribution in [2.24, 2.45) is 23.2 Å². The summed E-state index contributed by atoms with van der Waals surface area (Å²) in [7, 11) is -0.575. The molecule has 3 aliphatic carbocycles. The predicted molar refractivity (Wildman–Crippen MR) is 184 cm³/mol. The van der Waals surface area contributed by atoms with Gasteiger partial charge >= 0.3 is 7.12 Å². The van der Waals surface area contributed by atoms with Crippen LogP contribution >= 0.6 is 0 Å². The summed E-state index contributed by atoms with van der Waals surface area (Å²) in [6, 6.07) is 5.88. The van der Waals surface area contributed by atoms with E-state index in [1.165, 1.54) is 11.8 Å². The molecule has 264 valence electrons. The Morgan fingerprint density at radius 3 is 2.12 bits per heavy atom. The number of carbonyl (C=O) groups excluding carboxylic acids is 4. The molecule has 2 bridgehead atoms. The van der Waals surface area contributed by atoms with Crippen molar-refractivity contribution < 1.29 is 33.6 Å². The number of hydrogen-bond acceptors (Lipinski definition) is 7. The second kappa shape index (κ2) is 15.0. The number of hydrogen-bond donors (Lipinski definition) is 3. The van der Waals surface area contributed by atoms with Crippen molar-refractivity contribution in [1.82, 2.24) is 15.5 Å². The fourth-order valence-corrected chi connectivity index (χ4v) is 8.62. The average Bonchev–Trinajstić information content (AvgIpc) is 3.51. The zero-order valence-corrected chi connectivity index (χ0v) is 29.8. The van der Waals surface area contributed by atoms with Crippen LogP contribution in [-0.2, 0) is 18.9 Å². The average molecular weight is 666 g/mol. The first-order valence-corrected chi connectivity index (χ1v) is 18.3. The number of carbonyl (C=O) groups is 4. The van der Waals surface area contributed by atoms with Gasteiger partial charge in [-0.3, -0.25) is 24.1 Å². The van der Waals surface area contributed by atoms with E-state index in [1.807, 2.05) is 0 Å². The summed E-state index contributed by atoms with van der Waals surface area (Å²) in [4.78, 5) is 52.6. The summed E-state index contributed by atoms with van der Waals surface area (Å²) < 4.78 is 13.1. The van der Waals surface area contributed by atoms with Crippen LogP contribution < -0.4 is 10.6 Å². The fraction of sp³-hybridized carbons (Fsp3) is 0.730. The number of imide groups is 1. The van der Waals surface area contributed by atoms with Crippen LogP contribution in [0, 0.1) is 23.2 Å². The Hall–Kier alpha value is -2.76. The monoisotopic (exact) mass is 665 g/mol. The van der Waals surface area contributed by atoms with Crippen molar-refractivity contribution in [1.29, 1.82) is 0 Å². The minimum Gasteiger partial charge on any atom is -0.404 e. The van der Waals surface area contributed by atoms with Crippen LogP contribution in [-0.4, -0.2) is 77.1 Å². The largest absolute Gasteiger partial charge is 0.481 e. The van der Waals surface area contributed by atoms with Gasteiger partial charge in [-0.25, -0.2) is 0 Å². The highest BCUT2D eigenvalue weighted by molar-refractivity contribution is 6.48. The maximum absolute atomic E-state index is 13.5. The molecule has 0 radical (unpaired) electrons. The number of rotatable bonds is 17. The van der Waals surface area contributed by atoms with Gasteiger partial charge in [0.2, 0.25) is 11.8 Å². The molecule has 4 amide bonds. The second-order valence-corrected chi connectivity index (χ2v) is 15.9. The molecule has 5 aliphatic rings.